The zero-order chi connectivity index (χ0) is 15.0. The van der Waals surface area contributed by atoms with Crippen LogP contribution >= 0.6 is 0 Å². The molecule has 2 aliphatic rings. The monoisotopic (exact) mass is 289 g/mol. The maximum atomic E-state index is 12.5. The van der Waals surface area contributed by atoms with Crippen molar-refractivity contribution in [1.29, 1.82) is 0 Å². The van der Waals surface area contributed by atoms with Gasteiger partial charge in [-0.3, -0.25) is 9.59 Å². The molecule has 1 saturated heterocycles. The number of carboxylic acids is 1. The predicted molar refractivity (Wildman–Crippen MR) is 75.9 cm³/mol. The number of benzene rings is 1. The molecule has 2 fully saturated rings. The Morgan fingerprint density at radius 2 is 2.14 bits per heavy atom. The van der Waals surface area contributed by atoms with Crippen LogP contribution < -0.4 is 4.74 Å². The molecule has 0 aromatic heterocycles. The maximum Gasteiger partial charge on any atom is 0.307 e. The minimum Gasteiger partial charge on any atom is -0.497 e. The number of nitrogens with zero attached hydrogens (tertiary/aromatic N) is 1. The van der Waals surface area contributed by atoms with Crippen LogP contribution in [0.15, 0.2) is 24.3 Å². The molecule has 0 bridgehead atoms. The van der Waals surface area contributed by atoms with E-state index in [9.17, 15) is 9.59 Å². The van der Waals surface area contributed by atoms with Gasteiger partial charge in [0.05, 0.1) is 25.0 Å². The van der Waals surface area contributed by atoms with E-state index in [0.29, 0.717) is 13.0 Å². The van der Waals surface area contributed by atoms with E-state index in [4.69, 9.17) is 9.84 Å². The van der Waals surface area contributed by atoms with Crippen molar-refractivity contribution in [3.05, 3.63) is 29.8 Å². The molecule has 112 valence electrons. The largest absolute Gasteiger partial charge is 0.497 e. The molecule has 5 nitrogen and oxygen atoms in total. The molecule has 3 atom stereocenters. The Bertz CT molecular complexity index is 571. The molecule has 0 spiro atoms. The zero-order valence-corrected chi connectivity index (χ0v) is 12.0. The van der Waals surface area contributed by atoms with Gasteiger partial charge in [-0.2, -0.15) is 0 Å². The molecular weight excluding hydrogens is 270 g/mol. The molecule has 3 rings (SSSR count). The van der Waals surface area contributed by atoms with Gasteiger partial charge in [-0.25, -0.2) is 0 Å². The summed E-state index contributed by atoms with van der Waals surface area (Å²) in [4.78, 5) is 25.3. The zero-order valence-electron chi connectivity index (χ0n) is 12.0. The third kappa shape index (κ3) is 2.60. The van der Waals surface area contributed by atoms with Crippen LogP contribution in [-0.2, 0) is 9.59 Å². The Labute approximate surface area is 123 Å². The highest BCUT2D eigenvalue weighted by Crippen LogP contribution is 2.43. The van der Waals surface area contributed by atoms with Crippen molar-refractivity contribution in [1.82, 2.24) is 4.90 Å². The van der Waals surface area contributed by atoms with Crippen molar-refractivity contribution in [2.24, 2.45) is 11.8 Å². The Morgan fingerprint density at radius 1 is 1.33 bits per heavy atom. The number of likely N-dealkylation sites (tertiary alicyclic amines) is 1. The van der Waals surface area contributed by atoms with Crippen molar-refractivity contribution in [3.63, 3.8) is 0 Å². The molecule has 1 aromatic carbocycles. The lowest BCUT2D eigenvalue weighted by atomic mass is 10.0. The number of aliphatic carboxylic acids is 1. The molecule has 0 radical (unpaired) electrons. The van der Waals surface area contributed by atoms with Crippen molar-refractivity contribution in [2.45, 2.75) is 25.3 Å². The Hall–Kier alpha value is -2.04. The summed E-state index contributed by atoms with van der Waals surface area (Å²) >= 11 is 0. The second-order valence-electron chi connectivity index (χ2n) is 5.75. The van der Waals surface area contributed by atoms with Gasteiger partial charge in [0, 0.05) is 6.54 Å². The fourth-order valence-corrected chi connectivity index (χ4v) is 3.18. The van der Waals surface area contributed by atoms with E-state index in [2.05, 4.69) is 0 Å². The van der Waals surface area contributed by atoms with Crippen LogP contribution in [0.4, 0.5) is 0 Å². The van der Waals surface area contributed by atoms with Crippen LogP contribution in [0, 0.1) is 11.8 Å². The summed E-state index contributed by atoms with van der Waals surface area (Å²) in [6.45, 7) is 0.712. The fourth-order valence-electron chi connectivity index (χ4n) is 3.18. The number of amides is 1. The highest BCUT2D eigenvalue weighted by atomic mass is 16.5. The van der Waals surface area contributed by atoms with Crippen LogP contribution in [0.5, 0.6) is 5.75 Å². The van der Waals surface area contributed by atoms with Gasteiger partial charge in [-0.15, -0.1) is 0 Å². The standard InChI is InChI=1S/C16H19NO4/c1-21-11-5-2-4-10(8-11)14-6-3-7-17(14)15(18)12-9-13(12)16(19)20/h2,4-5,8,12-14H,3,6-7,9H2,1H3,(H,19,20)/t12-,13+,14-/m0/s1. The number of methoxy groups -OCH3 is 1. The first-order valence-electron chi connectivity index (χ1n) is 7.29. The highest BCUT2D eigenvalue weighted by Gasteiger charge is 2.51. The molecule has 1 amide bonds. The molecule has 1 aliphatic carbocycles. The van der Waals surface area contributed by atoms with Crippen molar-refractivity contribution < 1.29 is 19.4 Å². The predicted octanol–water partition coefficient (Wildman–Crippen LogP) is 2.08. The van der Waals surface area contributed by atoms with E-state index in [1.54, 1.807) is 7.11 Å². The lowest BCUT2D eigenvalue weighted by Crippen LogP contribution is -2.32. The van der Waals surface area contributed by atoms with Gasteiger partial charge in [0.25, 0.3) is 0 Å². The van der Waals surface area contributed by atoms with E-state index >= 15 is 0 Å². The first-order valence-corrected chi connectivity index (χ1v) is 7.29. The number of hydrogen-bond donors (Lipinski definition) is 1. The topological polar surface area (TPSA) is 66.8 Å². The number of carboxylic acid groups (broad SMARTS) is 1. The number of hydrogen-bond acceptors (Lipinski definition) is 3. The molecule has 1 saturated carbocycles. The Balaban J connectivity index is 1.76. The molecule has 5 heteroatoms. The van der Waals surface area contributed by atoms with E-state index in [-0.39, 0.29) is 17.9 Å². The molecule has 21 heavy (non-hydrogen) atoms. The number of carbonyl (C=O) groups excluding carboxylic acids is 1. The first kappa shape index (κ1) is 13.9. The quantitative estimate of drug-likeness (QED) is 0.921. The van der Waals surface area contributed by atoms with Crippen LogP contribution in [0.1, 0.15) is 30.9 Å². The highest BCUT2D eigenvalue weighted by molar-refractivity contribution is 5.89. The number of rotatable bonds is 4. The molecule has 1 aromatic rings. The number of carbonyl (C=O) groups is 2. The van der Waals surface area contributed by atoms with Crippen LogP contribution in [0.25, 0.3) is 0 Å². The SMILES string of the molecule is COc1cccc([C@@H]2CCCN2C(=O)[C@H]2C[C@H]2C(=O)O)c1. The Morgan fingerprint density at radius 3 is 2.81 bits per heavy atom. The lowest BCUT2D eigenvalue weighted by Gasteiger charge is -2.25. The second-order valence-corrected chi connectivity index (χ2v) is 5.75. The van der Waals surface area contributed by atoms with Crippen LogP contribution in [0.3, 0.4) is 0 Å². The smallest absolute Gasteiger partial charge is 0.307 e. The lowest BCUT2D eigenvalue weighted by molar-refractivity contribution is -0.142. The summed E-state index contributed by atoms with van der Waals surface area (Å²) in [5.74, 6) is -0.891. The van der Waals surface area contributed by atoms with Gasteiger partial charge in [0.1, 0.15) is 5.75 Å². The molecule has 1 aliphatic heterocycles. The van der Waals surface area contributed by atoms with Gasteiger partial charge in [0.2, 0.25) is 5.91 Å². The van der Waals surface area contributed by atoms with Crippen molar-refractivity contribution >= 4 is 11.9 Å². The average Bonchev–Trinajstić information content (AvgIpc) is 3.16. The van der Waals surface area contributed by atoms with E-state index in [1.807, 2.05) is 29.2 Å². The van der Waals surface area contributed by atoms with E-state index < -0.39 is 11.9 Å². The van der Waals surface area contributed by atoms with Gasteiger partial charge >= 0.3 is 5.97 Å². The molecule has 0 unspecified atom stereocenters. The van der Waals surface area contributed by atoms with Gasteiger partial charge in [-0.1, -0.05) is 12.1 Å². The normalized spacial score (nSPS) is 27.5. The van der Waals surface area contributed by atoms with Crippen molar-refractivity contribution in [3.8, 4) is 5.75 Å². The maximum absolute atomic E-state index is 12.5. The van der Waals surface area contributed by atoms with Crippen LogP contribution in [0.2, 0.25) is 0 Å². The first-order chi connectivity index (χ1) is 10.1. The summed E-state index contributed by atoms with van der Waals surface area (Å²) < 4.78 is 5.24. The summed E-state index contributed by atoms with van der Waals surface area (Å²) in [7, 11) is 1.62. The third-order valence-corrected chi connectivity index (χ3v) is 4.44. The molecular formula is C16H19NO4. The minimum absolute atomic E-state index is 0.00674. The fraction of sp³-hybridized carbons (Fsp3) is 0.500. The second kappa shape index (κ2) is 5.39. The summed E-state index contributed by atoms with van der Waals surface area (Å²) in [5.41, 5.74) is 1.06. The average molecular weight is 289 g/mol. The third-order valence-electron chi connectivity index (χ3n) is 4.44. The Kier molecular flexibility index (Phi) is 3.57. The van der Waals surface area contributed by atoms with Crippen LogP contribution in [-0.4, -0.2) is 35.5 Å². The number of ether oxygens (including phenoxy) is 1. The van der Waals surface area contributed by atoms with Gasteiger partial charge in [0.15, 0.2) is 0 Å². The summed E-state index contributed by atoms with van der Waals surface area (Å²) in [6, 6.07) is 7.80. The van der Waals surface area contributed by atoms with Crippen molar-refractivity contribution in [2.75, 3.05) is 13.7 Å². The summed E-state index contributed by atoms with van der Waals surface area (Å²) in [6.07, 6.45) is 2.36. The minimum atomic E-state index is -0.856. The molecule has 1 heterocycles. The van der Waals surface area contributed by atoms with E-state index in [1.165, 1.54) is 0 Å². The van der Waals surface area contributed by atoms with E-state index in [0.717, 1.165) is 24.2 Å². The van der Waals surface area contributed by atoms with Gasteiger partial charge < -0.3 is 14.7 Å². The van der Waals surface area contributed by atoms with Gasteiger partial charge in [-0.05, 0) is 37.0 Å². The summed E-state index contributed by atoms with van der Waals surface area (Å²) in [5, 5.41) is 8.98. The molecule has 1 N–H and O–H groups in total.